The first-order valence-corrected chi connectivity index (χ1v) is 7.98. The predicted molar refractivity (Wildman–Crippen MR) is 83.8 cm³/mol. The normalized spacial score (nSPS) is 24.8. The van der Waals surface area contributed by atoms with E-state index < -0.39 is 0 Å². The van der Waals surface area contributed by atoms with Gasteiger partial charge in [-0.25, -0.2) is 0 Å². The first-order valence-electron chi connectivity index (χ1n) is 7.98. The maximum atomic E-state index is 4.75. The fourth-order valence-corrected chi connectivity index (χ4v) is 2.91. The maximum Gasteiger partial charge on any atom is 0.0765 e. The SMILES string of the molecule is CCC1CNC(C)(C)CN1Cc1ccn(C(C)CC)n1. The minimum atomic E-state index is 0.199. The summed E-state index contributed by atoms with van der Waals surface area (Å²) in [5.41, 5.74) is 1.40. The summed E-state index contributed by atoms with van der Waals surface area (Å²) in [7, 11) is 0. The van der Waals surface area contributed by atoms with Crippen LogP contribution in [0.15, 0.2) is 12.3 Å². The van der Waals surface area contributed by atoms with Crippen LogP contribution >= 0.6 is 0 Å². The van der Waals surface area contributed by atoms with Crippen LogP contribution in [0.2, 0.25) is 0 Å². The second-order valence-electron chi connectivity index (χ2n) is 6.78. The van der Waals surface area contributed by atoms with Gasteiger partial charge >= 0.3 is 0 Å². The summed E-state index contributed by atoms with van der Waals surface area (Å²) in [5, 5.41) is 8.39. The van der Waals surface area contributed by atoms with Crippen molar-refractivity contribution in [2.24, 2.45) is 0 Å². The molecule has 2 unspecified atom stereocenters. The van der Waals surface area contributed by atoms with Gasteiger partial charge in [0.15, 0.2) is 0 Å². The Labute approximate surface area is 123 Å². The van der Waals surface area contributed by atoms with E-state index in [0.29, 0.717) is 12.1 Å². The zero-order valence-electron chi connectivity index (χ0n) is 13.7. The Hall–Kier alpha value is -0.870. The van der Waals surface area contributed by atoms with Gasteiger partial charge in [-0.1, -0.05) is 13.8 Å². The van der Waals surface area contributed by atoms with Crippen LogP contribution in [-0.4, -0.2) is 39.4 Å². The van der Waals surface area contributed by atoms with Gasteiger partial charge in [0, 0.05) is 43.5 Å². The summed E-state index contributed by atoms with van der Waals surface area (Å²) in [6, 6.07) is 3.29. The predicted octanol–water partition coefficient (Wildman–Crippen LogP) is 2.82. The monoisotopic (exact) mass is 278 g/mol. The number of nitrogens with one attached hydrogen (secondary N) is 1. The number of nitrogens with zero attached hydrogens (tertiary/aromatic N) is 3. The molecular weight excluding hydrogens is 248 g/mol. The topological polar surface area (TPSA) is 33.1 Å². The molecule has 0 bridgehead atoms. The third kappa shape index (κ3) is 3.61. The highest BCUT2D eigenvalue weighted by Crippen LogP contribution is 2.20. The van der Waals surface area contributed by atoms with Crippen LogP contribution in [0.4, 0.5) is 0 Å². The molecule has 2 heterocycles. The van der Waals surface area contributed by atoms with Crippen LogP contribution in [0.5, 0.6) is 0 Å². The van der Waals surface area contributed by atoms with Crippen molar-refractivity contribution in [2.75, 3.05) is 13.1 Å². The number of rotatable bonds is 5. The van der Waals surface area contributed by atoms with E-state index >= 15 is 0 Å². The molecule has 114 valence electrons. The van der Waals surface area contributed by atoms with Gasteiger partial charge in [-0.2, -0.15) is 5.10 Å². The molecule has 0 spiro atoms. The van der Waals surface area contributed by atoms with Gasteiger partial charge in [0.2, 0.25) is 0 Å². The average Bonchev–Trinajstić information content (AvgIpc) is 2.86. The Morgan fingerprint density at radius 2 is 2.20 bits per heavy atom. The van der Waals surface area contributed by atoms with Gasteiger partial charge in [-0.3, -0.25) is 9.58 Å². The van der Waals surface area contributed by atoms with Crippen LogP contribution in [0.1, 0.15) is 59.2 Å². The molecule has 1 aliphatic rings. The maximum absolute atomic E-state index is 4.75. The number of hydrogen-bond acceptors (Lipinski definition) is 3. The molecule has 1 fully saturated rings. The van der Waals surface area contributed by atoms with Crippen LogP contribution in [0.3, 0.4) is 0 Å². The standard InChI is InChI=1S/C16H30N4/c1-6-13(3)20-9-8-14(18-20)11-19-12-16(4,5)17-10-15(19)7-2/h8-9,13,15,17H,6-7,10-12H2,1-5H3. The Bertz CT molecular complexity index is 424. The molecule has 2 atom stereocenters. The van der Waals surface area contributed by atoms with Crippen LogP contribution < -0.4 is 5.32 Å². The van der Waals surface area contributed by atoms with E-state index in [1.807, 2.05) is 0 Å². The van der Waals surface area contributed by atoms with Gasteiger partial charge in [0.25, 0.3) is 0 Å². The molecular formula is C16H30N4. The lowest BCUT2D eigenvalue weighted by Crippen LogP contribution is -2.61. The fourth-order valence-electron chi connectivity index (χ4n) is 2.91. The van der Waals surface area contributed by atoms with Crippen molar-refractivity contribution < 1.29 is 0 Å². The van der Waals surface area contributed by atoms with Gasteiger partial charge in [0.1, 0.15) is 0 Å². The van der Waals surface area contributed by atoms with Crippen molar-refractivity contribution in [3.8, 4) is 0 Å². The highest BCUT2D eigenvalue weighted by atomic mass is 15.3. The van der Waals surface area contributed by atoms with Crippen molar-refractivity contribution in [1.29, 1.82) is 0 Å². The highest BCUT2D eigenvalue weighted by molar-refractivity contribution is 5.02. The smallest absolute Gasteiger partial charge is 0.0765 e. The lowest BCUT2D eigenvalue weighted by atomic mass is 9.97. The molecule has 1 saturated heterocycles. The lowest BCUT2D eigenvalue weighted by Gasteiger charge is -2.44. The van der Waals surface area contributed by atoms with Crippen molar-refractivity contribution in [3.05, 3.63) is 18.0 Å². The Kier molecular flexibility index (Phi) is 4.86. The minimum absolute atomic E-state index is 0.199. The second-order valence-corrected chi connectivity index (χ2v) is 6.78. The van der Waals surface area contributed by atoms with E-state index in [9.17, 15) is 0 Å². The highest BCUT2D eigenvalue weighted by Gasteiger charge is 2.31. The molecule has 0 amide bonds. The quantitative estimate of drug-likeness (QED) is 0.899. The molecule has 0 aromatic carbocycles. The van der Waals surface area contributed by atoms with Crippen LogP contribution in [0, 0.1) is 0 Å². The molecule has 1 aromatic rings. The van der Waals surface area contributed by atoms with E-state index in [4.69, 9.17) is 5.10 Å². The summed E-state index contributed by atoms with van der Waals surface area (Å²) in [4.78, 5) is 2.58. The molecule has 20 heavy (non-hydrogen) atoms. The average molecular weight is 278 g/mol. The van der Waals surface area contributed by atoms with E-state index in [-0.39, 0.29) is 5.54 Å². The summed E-state index contributed by atoms with van der Waals surface area (Å²) >= 11 is 0. The molecule has 1 aliphatic heterocycles. The zero-order valence-corrected chi connectivity index (χ0v) is 13.7. The molecule has 4 nitrogen and oxygen atoms in total. The summed E-state index contributed by atoms with van der Waals surface area (Å²) in [6.07, 6.45) is 4.44. The van der Waals surface area contributed by atoms with Crippen molar-refractivity contribution >= 4 is 0 Å². The lowest BCUT2D eigenvalue weighted by molar-refractivity contribution is 0.0844. The van der Waals surface area contributed by atoms with Gasteiger partial charge in [-0.05, 0) is 39.7 Å². The first kappa shape index (κ1) is 15.5. The molecule has 1 N–H and O–H groups in total. The number of hydrogen-bond donors (Lipinski definition) is 1. The Balaban J connectivity index is 2.04. The second kappa shape index (κ2) is 6.27. The Morgan fingerprint density at radius 3 is 2.85 bits per heavy atom. The zero-order chi connectivity index (χ0) is 14.8. The van der Waals surface area contributed by atoms with Crippen LogP contribution in [0.25, 0.3) is 0 Å². The molecule has 1 aromatic heterocycles. The summed E-state index contributed by atoms with van der Waals surface area (Å²) in [6.45, 7) is 14.4. The molecule has 0 saturated carbocycles. The molecule has 0 aliphatic carbocycles. The summed E-state index contributed by atoms with van der Waals surface area (Å²) < 4.78 is 2.10. The third-order valence-electron chi connectivity index (χ3n) is 4.47. The fraction of sp³-hybridized carbons (Fsp3) is 0.812. The number of aromatic nitrogens is 2. The minimum Gasteiger partial charge on any atom is -0.309 e. The van der Waals surface area contributed by atoms with Gasteiger partial charge < -0.3 is 5.32 Å². The van der Waals surface area contributed by atoms with Gasteiger partial charge in [-0.15, -0.1) is 0 Å². The largest absolute Gasteiger partial charge is 0.309 e. The Morgan fingerprint density at radius 1 is 1.45 bits per heavy atom. The number of piperazine rings is 1. The van der Waals surface area contributed by atoms with E-state index in [1.54, 1.807) is 0 Å². The summed E-state index contributed by atoms with van der Waals surface area (Å²) in [5.74, 6) is 0. The first-order chi connectivity index (χ1) is 9.45. The van der Waals surface area contributed by atoms with Crippen LogP contribution in [-0.2, 0) is 6.54 Å². The van der Waals surface area contributed by atoms with Crippen molar-refractivity contribution in [2.45, 2.75) is 71.6 Å². The molecule has 4 heteroatoms. The van der Waals surface area contributed by atoms with E-state index in [0.717, 1.165) is 26.1 Å². The van der Waals surface area contributed by atoms with Crippen molar-refractivity contribution in [1.82, 2.24) is 20.0 Å². The van der Waals surface area contributed by atoms with E-state index in [1.165, 1.54) is 12.1 Å². The van der Waals surface area contributed by atoms with Crippen molar-refractivity contribution in [3.63, 3.8) is 0 Å². The molecule has 2 rings (SSSR count). The third-order valence-corrected chi connectivity index (χ3v) is 4.47. The van der Waals surface area contributed by atoms with E-state index in [2.05, 4.69) is 61.8 Å². The van der Waals surface area contributed by atoms with Gasteiger partial charge in [0.05, 0.1) is 5.69 Å². The molecule has 0 radical (unpaired) electrons.